The molecule has 1 saturated carbocycles. The summed E-state index contributed by atoms with van der Waals surface area (Å²) < 4.78 is 5.10. The largest absolute Gasteiger partial charge is 0.495 e. The van der Waals surface area contributed by atoms with Gasteiger partial charge < -0.3 is 15.4 Å². The van der Waals surface area contributed by atoms with Gasteiger partial charge in [0.05, 0.1) is 24.0 Å². The Morgan fingerprint density at radius 2 is 1.74 bits per heavy atom. The number of ether oxygens (including phenoxy) is 1. The summed E-state index contributed by atoms with van der Waals surface area (Å²) in [5, 5.41) is 6.21. The first-order chi connectivity index (χ1) is 12.9. The second-order valence-corrected chi connectivity index (χ2v) is 7.43. The zero-order valence-corrected chi connectivity index (χ0v) is 16.3. The number of amides is 2. The molecule has 2 unspecified atom stereocenters. The van der Waals surface area contributed by atoms with Crippen molar-refractivity contribution in [2.45, 2.75) is 26.2 Å². The fourth-order valence-corrected chi connectivity index (χ4v) is 3.35. The molecule has 0 spiro atoms. The highest BCUT2D eigenvalue weighted by molar-refractivity contribution is 6.32. The minimum atomic E-state index is -0.322. The summed E-state index contributed by atoms with van der Waals surface area (Å²) in [6, 6.07) is 12.8. The molecule has 0 aliphatic heterocycles. The lowest BCUT2D eigenvalue weighted by Crippen LogP contribution is -2.21. The van der Waals surface area contributed by atoms with Crippen LogP contribution in [-0.4, -0.2) is 18.9 Å². The number of carbonyl (C=O) groups excluding carboxylic acids is 2. The maximum atomic E-state index is 12.5. The van der Waals surface area contributed by atoms with E-state index < -0.39 is 0 Å². The van der Waals surface area contributed by atoms with Gasteiger partial charge in [-0.2, -0.15) is 0 Å². The predicted octanol–water partition coefficient (Wildman–Crippen LogP) is 4.69. The van der Waals surface area contributed by atoms with Gasteiger partial charge in [0.25, 0.3) is 0 Å². The van der Waals surface area contributed by atoms with Crippen molar-refractivity contribution in [2.24, 2.45) is 11.8 Å². The molecule has 2 aromatic rings. The fraction of sp³-hybridized carbons (Fsp3) is 0.333. The van der Waals surface area contributed by atoms with E-state index in [9.17, 15) is 9.59 Å². The van der Waals surface area contributed by atoms with Crippen LogP contribution in [0.15, 0.2) is 42.5 Å². The van der Waals surface area contributed by atoms with Gasteiger partial charge in [0, 0.05) is 11.4 Å². The third kappa shape index (κ3) is 4.42. The van der Waals surface area contributed by atoms with Crippen LogP contribution in [0.3, 0.4) is 0 Å². The van der Waals surface area contributed by atoms with Crippen LogP contribution in [-0.2, 0) is 9.59 Å². The lowest BCUT2D eigenvalue weighted by Gasteiger charge is -2.13. The minimum absolute atomic E-state index is 0.115. The zero-order valence-electron chi connectivity index (χ0n) is 15.6. The van der Waals surface area contributed by atoms with E-state index in [1.165, 1.54) is 7.11 Å². The van der Waals surface area contributed by atoms with Crippen molar-refractivity contribution in [2.75, 3.05) is 17.7 Å². The maximum absolute atomic E-state index is 12.5. The molecule has 1 aliphatic rings. The van der Waals surface area contributed by atoms with Crippen LogP contribution in [0.1, 0.15) is 31.7 Å². The van der Waals surface area contributed by atoms with Gasteiger partial charge in [0.15, 0.2) is 0 Å². The van der Waals surface area contributed by atoms with Gasteiger partial charge in [-0.15, -0.1) is 0 Å². The summed E-state index contributed by atoms with van der Waals surface area (Å²) in [7, 11) is 1.53. The van der Waals surface area contributed by atoms with E-state index in [0.717, 1.165) is 11.3 Å². The molecule has 6 heteroatoms. The Balaban J connectivity index is 1.59. The first kappa shape index (κ1) is 19.2. The number of para-hydroxylation sites is 1. The average molecular weight is 387 g/mol. The molecule has 2 N–H and O–H groups in total. The smallest absolute Gasteiger partial charge is 0.228 e. The van der Waals surface area contributed by atoms with Gasteiger partial charge in [-0.25, -0.2) is 0 Å². The number of nitrogens with one attached hydrogen (secondary N) is 2. The van der Waals surface area contributed by atoms with E-state index in [0.29, 0.717) is 28.8 Å². The summed E-state index contributed by atoms with van der Waals surface area (Å²) in [5.74, 6) is -0.0673. The Kier molecular flexibility index (Phi) is 5.71. The summed E-state index contributed by atoms with van der Waals surface area (Å²) in [4.78, 5) is 24.9. The van der Waals surface area contributed by atoms with E-state index in [-0.39, 0.29) is 23.7 Å². The number of halogens is 1. The molecule has 0 saturated heterocycles. The van der Waals surface area contributed by atoms with Crippen LogP contribution >= 0.6 is 11.6 Å². The third-order valence-electron chi connectivity index (χ3n) is 4.72. The maximum Gasteiger partial charge on any atom is 0.228 e. The van der Waals surface area contributed by atoms with Gasteiger partial charge >= 0.3 is 0 Å². The summed E-state index contributed by atoms with van der Waals surface area (Å²) in [6.45, 7) is 4.16. The first-order valence-corrected chi connectivity index (χ1v) is 9.32. The van der Waals surface area contributed by atoms with Crippen LogP contribution in [0.4, 0.5) is 11.4 Å². The van der Waals surface area contributed by atoms with Gasteiger partial charge in [0.2, 0.25) is 11.8 Å². The molecule has 5 nitrogen and oxygen atoms in total. The highest BCUT2D eigenvalue weighted by atomic mass is 35.5. The molecule has 3 rings (SSSR count). The van der Waals surface area contributed by atoms with Crippen molar-refractivity contribution in [1.29, 1.82) is 0 Å². The Bertz CT molecular complexity index is 866. The van der Waals surface area contributed by atoms with Crippen molar-refractivity contribution >= 4 is 34.8 Å². The minimum Gasteiger partial charge on any atom is -0.495 e. The topological polar surface area (TPSA) is 67.4 Å². The predicted molar refractivity (Wildman–Crippen MR) is 107 cm³/mol. The molecule has 0 radical (unpaired) electrons. The van der Waals surface area contributed by atoms with E-state index in [2.05, 4.69) is 24.5 Å². The van der Waals surface area contributed by atoms with Crippen LogP contribution in [0, 0.1) is 11.8 Å². The van der Waals surface area contributed by atoms with Crippen molar-refractivity contribution in [3.8, 4) is 5.75 Å². The highest BCUT2D eigenvalue weighted by Crippen LogP contribution is 2.41. The number of carbonyl (C=O) groups is 2. The zero-order chi connectivity index (χ0) is 19.6. The van der Waals surface area contributed by atoms with Gasteiger partial charge in [-0.05, 0) is 42.2 Å². The van der Waals surface area contributed by atoms with Gasteiger partial charge in [-0.1, -0.05) is 43.6 Å². The van der Waals surface area contributed by atoms with Crippen molar-refractivity contribution < 1.29 is 14.3 Å². The van der Waals surface area contributed by atoms with Crippen molar-refractivity contribution in [3.05, 3.63) is 53.1 Å². The Morgan fingerprint density at radius 1 is 1.07 bits per heavy atom. The van der Waals surface area contributed by atoms with Crippen molar-refractivity contribution in [1.82, 2.24) is 0 Å². The molecular weight excluding hydrogens is 364 g/mol. The quantitative estimate of drug-likeness (QED) is 0.757. The number of benzene rings is 2. The molecule has 2 aromatic carbocycles. The van der Waals surface area contributed by atoms with Crippen LogP contribution in [0.2, 0.25) is 5.02 Å². The number of anilines is 2. The summed E-state index contributed by atoms with van der Waals surface area (Å²) >= 11 is 6.08. The van der Waals surface area contributed by atoms with Crippen LogP contribution in [0.5, 0.6) is 5.75 Å². The molecule has 0 bridgehead atoms. The standard InChI is InChI=1S/C21H23ClN2O3/c1-12(2)14-6-4-5-7-18(14)24-21(26)16-11-15(16)20(25)23-13-8-9-19(27-3)17(22)10-13/h4-10,12,15-16H,11H2,1-3H3,(H,23,25)(H,24,26). The second kappa shape index (κ2) is 8.01. The monoisotopic (exact) mass is 386 g/mol. The Morgan fingerprint density at radius 3 is 2.37 bits per heavy atom. The number of rotatable bonds is 6. The molecule has 27 heavy (non-hydrogen) atoms. The van der Waals surface area contributed by atoms with E-state index in [1.54, 1.807) is 18.2 Å². The van der Waals surface area contributed by atoms with E-state index >= 15 is 0 Å². The number of methoxy groups -OCH3 is 1. The summed E-state index contributed by atoms with van der Waals surface area (Å²) in [6.07, 6.45) is 0.547. The second-order valence-electron chi connectivity index (χ2n) is 7.02. The first-order valence-electron chi connectivity index (χ1n) is 8.95. The molecule has 1 aliphatic carbocycles. The highest BCUT2D eigenvalue weighted by Gasteiger charge is 2.48. The Hall–Kier alpha value is -2.53. The molecule has 0 heterocycles. The Labute approximate surface area is 164 Å². The third-order valence-corrected chi connectivity index (χ3v) is 5.02. The SMILES string of the molecule is COc1ccc(NC(=O)C2CC2C(=O)Nc2ccccc2C(C)C)cc1Cl. The molecule has 2 atom stereocenters. The normalized spacial score (nSPS) is 18.1. The molecule has 142 valence electrons. The molecule has 1 fully saturated rings. The number of hydrogen-bond donors (Lipinski definition) is 2. The van der Waals surface area contributed by atoms with Gasteiger partial charge in [-0.3, -0.25) is 9.59 Å². The van der Waals surface area contributed by atoms with Crippen LogP contribution < -0.4 is 15.4 Å². The summed E-state index contributed by atoms with van der Waals surface area (Å²) in [5.41, 5.74) is 2.48. The van der Waals surface area contributed by atoms with E-state index in [1.807, 2.05) is 24.3 Å². The number of hydrogen-bond acceptors (Lipinski definition) is 3. The van der Waals surface area contributed by atoms with E-state index in [4.69, 9.17) is 16.3 Å². The lowest BCUT2D eigenvalue weighted by molar-refractivity contribution is -0.122. The lowest BCUT2D eigenvalue weighted by atomic mass is 10.0. The molecule has 2 amide bonds. The van der Waals surface area contributed by atoms with Gasteiger partial charge in [0.1, 0.15) is 5.75 Å². The molecule has 0 aromatic heterocycles. The van der Waals surface area contributed by atoms with Crippen LogP contribution in [0.25, 0.3) is 0 Å². The molecular formula is C21H23ClN2O3. The average Bonchev–Trinajstić information content (AvgIpc) is 3.43. The van der Waals surface area contributed by atoms with Crippen molar-refractivity contribution in [3.63, 3.8) is 0 Å². The fourth-order valence-electron chi connectivity index (χ4n) is 3.09.